The van der Waals surface area contributed by atoms with Crippen molar-refractivity contribution in [2.24, 2.45) is 5.73 Å². The standard InChI is InChI=1S/C18H26N4OS/c1-13(2)22(3)11-15-6-4-5-14(9-15)10-20-18(23)16-12-24-17(21-16)7-8-19/h4-6,9,12-13H,7-8,10-11,19H2,1-3H3,(H,20,23). The van der Waals surface area contributed by atoms with Gasteiger partial charge in [0.2, 0.25) is 0 Å². The van der Waals surface area contributed by atoms with E-state index in [1.165, 1.54) is 16.9 Å². The zero-order valence-electron chi connectivity index (χ0n) is 14.6. The number of rotatable bonds is 8. The molecular weight excluding hydrogens is 320 g/mol. The van der Waals surface area contributed by atoms with E-state index in [-0.39, 0.29) is 5.91 Å². The summed E-state index contributed by atoms with van der Waals surface area (Å²) in [7, 11) is 2.11. The number of amides is 1. The largest absolute Gasteiger partial charge is 0.347 e. The first-order chi connectivity index (χ1) is 11.5. The maximum absolute atomic E-state index is 12.2. The first kappa shape index (κ1) is 18.6. The third-order valence-electron chi connectivity index (χ3n) is 3.90. The van der Waals surface area contributed by atoms with Gasteiger partial charge in [-0.05, 0) is 38.6 Å². The SMILES string of the molecule is CC(C)N(C)Cc1cccc(CNC(=O)c2csc(CCN)n2)c1. The average Bonchev–Trinajstić information content (AvgIpc) is 3.02. The minimum Gasteiger partial charge on any atom is -0.347 e. The molecule has 0 saturated heterocycles. The summed E-state index contributed by atoms with van der Waals surface area (Å²) in [6.45, 7) is 6.30. The Balaban J connectivity index is 1.92. The van der Waals surface area contributed by atoms with Crippen LogP contribution in [0.5, 0.6) is 0 Å². The fourth-order valence-corrected chi connectivity index (χ4v) is 3.03. The summed E-state index contributed by atoms with van der Waals surface area (Å²) in [5, 5.41) is 5.62. The molecule has 0 atom stereocenters. The molecule has 0 bridgehead atoms. The normalized spacial score (nSPS) is 11.2. The van der Waals surface area contributed by atoms with Crippen molar-refractivity contribution in [2.75, 3.05) is 13.6 Å². The van der Waals surface area contributed by atoms with Gasteiger partial charge < -0.3 is 11.1 Å². The van der Waals surface area contributed by atoms with E-state index < -0.39 is 0 Å². The first-order valence-electron chi connectivity index (χ1n) is 8.20. The van der Waals surface area contributed by atoms with E-state index in [9.17, 15) is 4.79 Å². The fraction of sp³-hybridized carbons (Fsp3) is 0.444. The molecule has 1 amide bonds. The zero-order valence-corrected chi connectivity index (χ0v) is 15.4. The third kappa shape index (κ3) is 5.40. The van der Waals surface area contributed by atoms with Crippen molar-refractivity contribution < 1.29 is 4.79 Å². The van der Waals surface area contributed by atoms with Crippen LogP contribution in [0.2, 0.25) is 0 Å². The van der Waals surface area contributed by atoms with E-state index in [0.29, 0.717) is 31.2 Å². The highest BCUT2D eigenvalue weighted by molar-refractivity contribution is 7.09. The van der Waals surface area contributed by atoms with E-state index in [1.807, 2.05) is 12.1 Å². The monoisotopic (exact) mass is 346 g/mol. The summed E-state index contributed by atoms with van der Waals surface area (Å²) in [5.41, 5.74) is 8.32. The molecule has 0 aliphatic carbocycles. The molecule has 1 aromatic carbocycles. The lowest BCUT2D eigenvalue weighted by molar-refractivity contribution is 0.0946. The van der Waals surface area contributed by atoms with Crippen molar-refractivity contribution in [2.45, 2.75) is 39.4 Å². The Hall–Kier alpha value is -1.76. The molecule has 3 N–H and O–H groups in total. The van der Waals surface area contributed by atoms with Gasteiger partial charge in [-0.2, -0.15) is 0 Å². The molecule has 0 aliphatic rings. The molecule has 2 rings (SSSR count). The van der Waals surface area contributed by atoms with Crippen molar-refractivity contribution in [3.8, 4) is 0 Å². The predicted molar refractivity (Wildman–Crippen MR) is 99.1 cm³/mol. The van der Waals surface area contributed by atoms with Gasteiger partial charge in [0.15, 0.2) is 0 Å². The summed E-state index contributed by atoms with van der Waals surface area (Å²) in [6, 6.07) is 8.82. The minimum atomic E-state index is -0.140. The number of carbonyl (C=O) groups is 1. The minimum absolute atomic E-state index is 0.140. The molecule has 0 spiro atoms. The molecule has 0 aliphatic heterocycles. The smallest absolute Gasteiger partial charge is 0.271 e. The first-order valence-corrected chi connectivity index (χ1v) is 9.08. The zero-order chi connectivity index (χ0) is 17.5. The van der Waals surface area contributed by atoms with Crippen LogP contribution in [0.15, 0.2) is 29.6 Å². The Morgan fingerprint density at radius 3 is 2.83 bits per heavy atom. The lowest BCUT2D eigenvalue weighted by Crippen LogP contribution is -2.26. The maximum atomic E-state index is 12.2. The number of benzene rings is 1. The van der Waals surface area contributed by atoms with Crippen molar-refractivity contribution in [3.05, 3.63) is 51.5 Å². The topological polar surface area (TPSA) is 71.2 Å². The molecule has 0 radical (unpaired) electrons. The van der Waals surface area contributed by atoms with Gasteiger partial charge in [-0.25, -0.2) is 4.98 Å². The molecule has 0 fully saturated rings. The van der Waals surface area contributed by atoms with E-state index in [2.05, 4.69) is 48.2 Å². The molecule has 1 aromatic heterocycles. The van der Waals surface area contributed by atoms with Crippen molar-refractivity contribution >= 4 is 17.2 Å². The van der Waals surface area contributed by atoms with Gasteiger partial charge in [-0.1, -0.05) is 24.3 Å². The second-order valence-electron chi connectivity index (χ2n) is 6.18. The summed E-state index contributed by atoms with van der Waals surface area (Å²) in [5.74, 6) is -0.140. The van der Waals surface area contributed by atoms with Crippen LogP contribution in [0.4, 0.5) is 0 Å². The van der Waals surface area contributed by atoms with Crippen LogP contribution in [0.1, 0.15) is 40.5 Å². The molecule has 6 heteroatoms. The van der Waals surface area contributed by atoms with Crippen LogP contribution in [0, 0.1) is 0 Å². The highest BCUT2D eigenvalue weighted by Gasteiger charge is 2.10. The van der Waals surface area contributed by atoms with Gasteiger partial charge in [0.25, 0.3) is 5.91 Å². The Kier molecular flexibility index (Phi) is 6.90. The van der Waals surface area contributed by atoms with Gasteiger partial charge in [0.1, 0.15) is 5.69 Å². The number of aromatic nitrogens is 1. The molecule has 2 aromatic rings. The number of thiazole rings is 1. The van der Waals surface area contributed by atoms with Crippen LogP contribution in [-0.4, -0.2) is 35.4 Å². The van der Waals surface area contributed by atoms with E-state index in [0.717, 1.165) is 17.1 Å². The second kappa shape index (κ2) is 8.92. The summed E-state index contributed by atoms with van der Waals surface area (Å²) in [6.07, 6.45) is 0.712. The highest BCUT2D eigenvalue weighted by atomic mass is 32.1. The number of nitrogens with zero attached hydrogens (tertiary/aromatic N) is 2. The number of carbonyl (C=O) groups excluding carboxylic acids is 1. The van der Waals surface area contributed by atoms with E-state index in [1.54, 1.807) is 5.38 Å². The number of hydrogen-bond acceptors (Lipinski definition) is 5. The molecular formula is C18H26N4OS. The van der Waals surface area contributed by atoms with Gasteiger partial charge in [0, 0.05) is 30.9 Å². The van der Waals surface area contributed by atoms with Crippen LogP contribution in [-0.2, 0) is 19.5 Å². The van der Waals surface area contributed by atoms with Crippen LogP contribution < -0.4 is 11.1 Å². The maximum Gasteiger partial charge on any atom is 0.271 e. The van der Waals surface area contributed by atoms with Gasteiger partial charge >= 0.3 is 0 Å². The predicted octanol–water partition coefficient (Wildman–Crippen LogP) is 2.41. The van der Waals surface area contributed by atoms with Crippen molar-refractivity contribution in [3.63, 3.8) is 0 Å². The Labute approximate surface area is 147 Å². The Bertz CT molecular complexity index is 669. The summed E-state index contributed by atoms with van der Waals surface area (Å²) in [4.78, 5) is 18.8. The molecule has 24 heavy (non-hydrogen) atoms. The van der Waals surface area contributed by atoms with Gasteiger partial charge in [-0.3, -0.25) is 9.69 Å². The Morgan fingerprint density at radius 2 is 2.12 bits per heavy atom. The summed E-state index contributed by atoms with van der Waals surface area (Å²) < 4.78 is 0. The lowest BCUT2D eigenvalue weighted by Gasteiger charge is -2.21. The van der Waals surface area contributed by atoms with E-state index in [4.69, 9.17) is 5.73 Å². The lowest BCUT2D eigenvalue weighted by atomic mass is 10.1. The van der Waals surface area contributed by atoms with Crippen LogP contribution in [0.25, 0.3) is 0 Å². The van der Waals surface area contributed by atoms with E-state index >= 15 is 0 Å². The average molecular weight is 347 g/mol. The number of nitrogens with two attached hydrogens (primary N) is 1. The van der Waals surface area contributed by atoms with Crippen molar-refractivity contribution in [1.82, 2.24) is 15.2 Å². The fourth-order valence-electron chi connectivity index (χ4n) is 2.23. The molecule has 5 nitrogen and oxygen atoms in total. The molecule has 1 heterocycles. The van der Waals surface area contributed by atoms with Crippen LogP contribution in [0.3, 0.4) is 0 Å². The Morgan fingerprint density at radius 1 is 1.38 bits per heavy atom. The molecule has 130 valence electrons. The molecule has 0 unspecified atom stereocenters. The van der Waals surface area contributed by atoms with Crippen LogP contribution >= 0.6 is 11.3 Å². The summed E-state index contributed by atoms with van der Waals surface area (Å²) >= 11 is 1.48. The second-order valence-corrected chi connectivity index (χ2v) is 7.12. The number of nitrogens with one attached hydrogen (secondary N) is 1. The number of hydrogen-bond donors (Lipinski definition) is 2. The highest BCUT2D eigenvalue weighted by Crippen LogP contribution is 2.12. The van der Waals surface area contributed by atoms with Gasteiger partial charge in [-0.15, -0.1) is 11.3 Å². The van der Waals surface area contributed by atoms with Crippen molar-refractivity contribution in [1.29, 1.82) is 0 Å². The molecule has 0 saturated carbocycles. The third-order valence-corrected chi connectivity index (χ3v) is 4.81. The van der Waals surface area contributed by atoms with Gasteiger partial charge in [0.05, 0.1) is 5.01 Å². The quantitative estimate of drug-likeness (QED) is 0.770.